The Balaban J connectivity index is 1.90. The van der Waals surface area contributed by atoms with Gasteiger partial charge in [-0.25, -0.2) is 0 Å². The lowest BCUT2D eigenvalue weighted by molar-refractivity contribution is -0.0373. The highest BCUT2D eigenvalue weighted by Crippen LogP contribution is 2.39. The number of methoxy groups -OCH3 is 1. The van der Waals surface area contributed by atoms with Crippen molar-refractivity contribution in [2.24, 2.45) is 0 Å². The van der Waals surface area contributed by atoms with Gasteiger partial charge in [-0.1, -0.05) is 12.1 Å². The number of nitrogens with zero attached hydrogens (tertiary/aromatic N) is 1. The van der Waals surface area contributed by atoms with Crippen molar-refractivity contribution in [1.82, 2.24) is 10.2 Å². The molecule has 2 saturated heterocycles. The molecule has 4 heteroatoms. The van der Waals surface area contributed by atoms with Crippen LogP contribution in [0.15, 0.2) is 24.3 Å². The second kappa shape index (κ2) is 6.12. The molecule has 0 spiro atoms. The third-order valence-corrected chi connectivity index (χ3v) is 4.67. The van der Waals surface area contributed by atoms with Crippen molar-refractivity contribution in [3.05, 3.63) is 29.8 Å². The fourth-order valence-corrected chi connectivity index (χ4v) is 3.49. The third-order valence-electron chi connectivity index (χ3n) is 4.67. The van der Waals surface area contributed by atoms with E-state index in [9.17, 15) is 0 Å². The van der Waals surface area contributed by atoms with E-state index in [1.165, 1.54) is 5.56 Å². The first-order valence-electron chi connectivity index (χ1n) is 7.53. The van der Waals surface area contributed by atoms with Crippen molar-refractivity contribution in [2.75, 3.05) is 46.5 Å². The standard InChI is InChI=1S/C16H24N2O2/c1-19-15-4-2-14(3-5-15)16(6-12-20-13-7-16)18-10-8-17-9-11-18/h2-5,17H,6-13H2,1H3. The summed E-state index contributed by atoms with van der Waals surface area (Å²) in [5.41, 5.74) is 1.55. The SMILES string of the molecule is COc1ccc(C2(N3CCNCC3)CCOCC2)cc1. The van der Waals surface area contributed by atoms with Crippen molar-refractivity contribution in [1.29, 1.82) is 0 Å². The summed E-state index contributed by atoms with van der Waals surface area (Å²) in [6.07, 6.45) is 2.17. The van der Waals surface area contributed by atoms with Crippen LogP contribution in [0.3, 0.4) is 0 Å². The van der Waals surface area contributed by atoms with Crippen molar-refractivity contribution in [2.45, 2.75) is 18.4 Å². The monoisotopic (exact) mass is 276 g/mol. The van der Waals surface area contributed by atoms with Gasteiger partial charge in [0.25, 0.3) is 0 Å². The van der Waals surface area contributed by atoms with Crippen LogP contribution >= 0.6 is 0 Å². The molecule has 110 valence electrons. The molecule has 0 aliphatic carbocycles. The van der Waals surface area contributed by atoms with E-state index in [1.807, 2.05) is 0 Å². The molecule has 2 aliphatic heterocycles. The minimum absolute atomic E-state index is 0.145. The second-order valence-corrected chi connectivity index (χ2v) is 5.61. The molecule has 0 radical (unpaired) electrons. The molecule has 0 atom stereocenters. The molecule has 4 nitrogen and oxygen atoms in total. The van der Waals surface area contributed by atoms with Gasteiger partial charge in [0.05, 0.1) is 12.6 Å². The van der Waals surface area contributed by atoms with Gasteiger partial charge in [0.15, 0.2) is 0 Å². The van der Waals surface area contributed by atoms with Crippen LogP contribution in [-0.4, -0.2) is 51.4 Å². The average Bonchev–Trinajstić information content (AvgIpc) is 2.56. The molecule has 1 aromatic rings. The molecule has 2 fully saturated rings. The van der Waals surface area contributed by atoms with Crippen LogP contribution < -0.4 is 10.1 Å². The summed E-state index contributed by atoms with van der Waals surface area (Å²) < 4.78 is 10.9. The zero-order valence-electron chi connectivity index (χ0n) is 12.2. The minimum Gasteiger partial charge on any atom is -0.497 e. The lowest BCUT2D eigenvalue weighted by Crippen LogP contribution is -2.56. The van der Waals surface area contributed by atoms with E-state index in [4.69, 9.17) is 9.47 Å². The lowest BCUT2D eigenvalue weighted by atomic mass is 9.80. The maximum Gasteiger partial charge on any atom is 0.118 e. The Kier molecular flexibility index (Phi) is 4.24. The van der Waals surface area contributed by atoms with Gasteiger partial charge in [0, 0.05) is 39.4 Å². The first-order chi connectivity index (χ1) is 9.85. The molecule has 20 heavy (non-hydrogen) atoms. The van der Waals surface area contributed by atoms with E-state index >= 15 is 0 Å². The van der Waals surface area contributed by atoms with Gasteiger partial charge in [-0.3, -0.25) is 4.90 Å². The minimum atomic E-state index is 0.145. The van der Waals surface area contributed by atoms with Gasteiger partial charge in [-0.15, -0.1) is 0 Å². The topological polar surface area (TPSA) is 33.7 Å². The summed E-state index contributed by atoms with van der Waals surface area (Å²) in [6.45, 7) is 6.11. The van der Waals surface area contributed by atoms with E-state index in [2.05, 4.69) is 34.5 Å². The Bertz CT molecular complexity index is 421. The van der Waals surface area contributed by atoms with Crippen molar-refractivity contribution >= 4 is 0 Å². The second-order valence-electron chi connectivity index (χ2n) is 5.61. The maximum absolute atomic E-state index is 5.61. The maximum atomic E-state index is 5.61. The molecule has 0 unspecified atom stereocenters. The summed E-state index contributed by atoms with van der Waals surface area (Å²) >= 11 is 0. The van der Waals surface area contributed by atoms with Gasteiger partial charge in [-0.2, -0.15) is 0 Å². The Morgan fingerprint density at radius 3 is 2.35 bits per heavy atom. The number of rotatable bonds is 3. The number of ether oxygens (including phenoxy) is 2. The van der Waals surface area contributed by atoms with Crippen molar-refractivity contribution < 1.29 is 9.47 Å². The normalized spacial score (nSPS) is 23.4. The van der Waals surface area contributed by atoms with Crippen LogP contribution in [0.1, 0.15) is 18.4 Å². The summed E-state index contributed by atoms with van der Waals surface area (Å²) in [5, 5.41) is 3.45. The molecule has 0 bridgehead atoms. The Morgan fingerprint density at radius 2 is 1.75 bits per heavy atom. The summed E-state index contributed by atoms with van der Waals surface area (Å²) in [6, 6.07) is 8.61. The van der Waals surface area contributed by atoms with E-state index in [0.29, 0.717) is 0 Å². The molecule has 2 heterocycles. The number of hydrogen-bond acceptors (Lipinski definition) is 4. The smallest absolute Gasteiger partial charge is 0.118 e. The van der Waals surface area contributed by atoms with Crippen LogP contribution in [0.5, 0.6) is 5.75 Å². The molecule has 2 aliphatic rings. The largest absolute Gasteiger partial charge is 0.497 e. The molecule has 3 rings (SSSR count). The fourth-order valence-electron chi connectivity index (χ4n) is 3.49. The predicted molar refractivity (Wildman–Crippen MR) is 79.2 cm³/mol. The van der Waals surface area contributed by atoms with Gasteiger partial charge >= 0.3 is 0 Å². The highest BCUT2D eigenvalue weighted by atomic mass is 16.5. The quantitative estimate of drug-likeness (QED) is 0.909. The Labute approximate surface area is 121 Å². The molecular formula is C16H24N2O2. The van der Waals surface area contributed by atoms with E-state index in [1.54, 1.807) is 7.11 Å². The third kappa shape index (κ3) is 2.55. The van der Waals surface area contributed by atoms with Crippen LogP contribution in [0, 0.1) is 0 Å². The van der Waals surface area contributed by atoms with Gasteiger partial charge in [-0.05, 0) is 30.5 Å². The van der Waals surface area contributed by atoms with Gasteiger partial charge < -0.3 is 14.8 Å². The zero-order chi connectivity index (χ0) is 13.8. The zero-order valence-corrected chi connectivity index (χ0v) is 12.2. The molecule has 0 aromatic heterocycles. The first-order valence-corrected chi connectivity index (χ1v) is 7.53. The number of piperazine rings is 1. The van der Waals surface area contributed by atoms with Gasteiger partial charge in [0.2, 0.25) is 0 Å². The molecular weight excluding hydrogens is 252 g/mol. The number of nitrogens with one attached hydrogen (secondary N) is 1. The molecule has 0 amide bonds. The summed E-state index contributed by atoms with van der Waals surface area (Å²) in [5.74, 6) is 0.927. The lowest BCUT2D eigenvalue weighted by Gasteiger charge is -2.48. The summed E-state index contributed by atoms with van der Waals surface area (Å²) in [4.78, 5) is 2.65. The highest BCUT2D eigenvalue weighted by Gasteiger charge is 2.40. The fraction of sp³-hybridized carbons (Fsp3) is 0.625. The van der Waals surface area contributed by atoms with Crippen molar-refractivity contribution in [3.63, 3.8) is 0 Å². The average molecular weight is 276 g/mol. The Hall–Kier alpha value is -1.10. The van der Waals surface area contributed by atoms with Crippen LogP contribution in [-0.2, 0) is 10.3 Å². The predicted octanol–water partition coefficient (Wildman–Crippen LogP) is 1.61. The van der Waals surface area contributed by atoms with Crippen LogP contribution in [0.2, 0.25) is 0 Å². The molecule has 1 N–H and O–H groups in total. The number of hydrogen-bond donors (Lipinski definition) is 1. The van der Waals surface area contributed by atoms with Crippen LogP contribution in [0.4, 0.5) is 0 Å². The van der Waals surface area contributed by atoms with E-state index < -0.39 is 0 Å². The first kappa shape index (κ1) is 13.9. The molecule has 1 aromatic carbocycles. The van der Waals surface area contributed by atoms with E-state index in [-0.39, 0.29) is 5.54 Å². The van der Waals surface area contributed by atoms with Crippen LogP contribution in [0.25, 0.3) is 0 Å². The van der Waals surface area contributed by atoms with Gasteiger partial charge in [0.1, 0.15) is 5.75 Å². The van der Waals surface area contributed by atoms with Crippen molar-refractivity contribution in [3.8, 4) is 5.75 Å². The molecule has 0 saturated carbocycles. The highest BCUT2D eigenvalue weighted by molar-refractivity contribution is 5.32. The summed E-state index contributed by atoms with van der Waals surface area (Å²) in [7, 11) is 1.72. The Morgan fingerprint density at radius 1 is 1.10 bits per heavy atom. The number of benzene rings is 1. The van der Waals surface area contributed by atoms with E-state index in [0.717, 1.165) is 58.0 Å².